The summed E-state index contributed by atoms with van der Waals surface area (Å²) in [5, 5.41) is 0. The molecule has 0 fully saturated rings. The fourth-order valence-electron chi connectivity index (χ4n) is 1.41. The molecule has 0 heterocycles. The van der Waals surface area contributed by atoms with Crippen molar-refractivity contribution in [2.45, 2.75) is 0 Å². The van der Waals surface area contributed by atoms with Crippen LogP contribution in [0.4, 0.5) is 0 Å². The maximum Gasteiger partial charge on any atom is 0.629 e. The Morgan fingerprint density at radius 1 is 0.762 bits per heavy atom. The summed E-state index contributed by atoms with van der Waals surface area (Å²) in [5.41, 5.74) is 0. The van der Waals surface area contributed by atoms with Gasteiger partial charge in [0.05, 0.1) is 0 Å². The highest BCUT2D eigenvalue weighted by Crippen LogP contribution is 2.64. The van der Waals surface area contributed by atoms with Crippen LogP contribution in [0.1, 0.15) is 0 Å². The van der Waals surface area contributed by atoms with E-state index in [0.29, 0.717) is 0 Å². The van der Waals surface area contributed by atoms with Gasteiger partial charge < -0.3 is 9.05 Å². The maximum absolute atomic E-state index is 12.4. The summed E-state index contributed by atoms with van der Waals surface area (Å²) in [7, 11) is -9.31. The summed E-state index contributed by atoms with van der Waals surface area (Å²) in [5.74, 6) is 0.232. The predicted molar refractivity (Wildman–Crippen MR) is 76.4 cm³/mol. The Bertz CT molecular complexity index is 567. The van der Waals surface area contributed by atoms with Crippen LogP contribution < -0.4 is 9.05 Å². The second kappa shape index (κ2) is 6.54. The number of hydrogen-bond acceptors (Lipinski definition) is 7. The van der Waals surface area contributed by atoms with Gasteiger partial charge in [-0.2, -0.15) is 14.7 Å². The SMILES string of the molecule is O=P(Oc1ccccc1)(Oc1ccccc1)O[P+](O)(O)O. The van der Waals surface area contributed by atoms with Crippen molar-refractivity contribution >= 4 is 16.0 Å². The fraction of sp³-hybridized carbons (Fsp3) is 0. The summed E-state index contributed by atoms with van der Waals surface area (Å²) in [6.07, 6.45) is 0. The summed E-state index contributed by atoms with van der Waals surface area (Å²) in [6, 6.07) is 15.7. The Balaban J connectivity index is 2.24. The molecule has 3 N–H and O–H groups in total. The summed E-state index contributed by atoms with van der Waals surface area (Å²) in [4.78, 5) is 26.9. The van der Waals surface area contributed by atoms with Crippen LogP contribution in [0.2, 0.25) is 0 Å². The van der Waals surface area contributed by atoms with E-state index in [1.54, 1.807) is 36.4 Å². The second-order valence-electron chi connectivity index (χ2n) is 3.85. The molecule has 2 rings (SSSR count). The minimum absolute atomic E-state index is 0.116. The Hall–Kier alpha value is -1.46. The molecule has 0 bridgehead atoms. The molecule has 0 radical (unpaired) electrons. The predicted octanol–water partition coefficient (Wildman–Crippen LogP) is 2.92. The molecule has 0 saturated carbocycles. The number of phosphoric acid groups is 1. The van der Waals surface area contributed by atoms with E-state index in [4.69, 9.17) is 23.7 Å². The Morgan fingerprint density at radius 3 is 1.48 bits per heavy atom. The minimum atomic E-state index is -4.82. The smallest absolute Gasteiger partial charge is 0.393 e. The van der Waals surface area contributed by atoms with Crippen molar-refractivity contribution in [3.8, 4) is 11.5 Å². The zero-order valence-electron chi connectivity index (χ0n) is 10.6. The van der Waals surface area contributed by atoms with Gasteiger partial charge in [-0.05, 0) is 28.6 Å². The molecular formula is C12H13O7P2+. The van der Waals surface area contributed by atoms with Crippen molar-refractivity contribution < 1.29 is 32.6 Å². The van der Waals surface area contributed by atoms with E-state index >= 15 is 0 Å². The lowest BCUT2D eigenvalue weighted by atomic mass is 10.3. The van der Waals surface area contributed by atoms with E-state index in [2.05, 4.69) is 4.31 Å². The van der Waals surface area contributed by atoms with Crippen LogP contribution in [-0.4, -0.2) is 14.7 Å². The third-order valence-corrected chi connectivity index (χ3v) is 4.68. The highest BCUT2D eigenvalue weighted by atomic mass is 31.3. The van der Waals surface area contributed by atoms with Gasteiger partial charge in [0.2, 0.25) is 0 Å². The van der Waals surface area contributed by atoms with E-state index in [9.17, 15) is 4.57 Å². The molecule has 0 aliphatic rings. The van der Waals surface area contributed by atoms with Gasteiger partial charge in [0.15, 0.2) is 0 Å². The van der Waals surface area contributed by atoms with Crippen molar-refractivity contribution in [3.05, 3.63) is 60.7 Å². The fourth-order valence-corrected chi connectivity index (χ4v) is 3.54. The first-order valence-electron chi connectivity index (χ1n) is 5.74. The number of phosphoric ester groups is 1. The molecule has 0 atom stereocenters. The van der Waals surface area contributed by atoms with Crippen molar-refractivity contribution in [3.63, 3.8) is 0 Å². The third-order valence-electron chi connectivity index (χ3n) is 2.13. The molecule has 2 aromatic carbocycles. The van der Waals surface area contributed by atoms with Crippen molar-refractivity contribution in [1.82, 2.24) is 0 Å². The maximum atomic E-state index is 12.4. The average molecular weight is 331 g/mol. The monoisotopic (exact) mass is 331 g/mol. The lowest BCUT2D eigenvalue weighted by Crippen LogP contribution is -2.06. The van der Waals surface area contributed by atoms with Gasteiger partial charge in [-0.15, -0.1) is 0 Å². The van der Waals surface area contributed by atoms with E-state index in [1.165, 1.54) is 24.3 Å². The molecule has 9 heteroatoms. The molecule has 21 heavy (non-hydrogen) atoms. The molecule has 0 aliphatic carbocycles. The molecule has 0 saturated heterocycles. The lowest BCUT2D eigenvalue weighted by Gasteiger charge is -2.16. The van der Waals surface area contributed by atoms with E-state index in [1.807, 2.05) is 0 Å². The molecule has 2 aromatic rings. The van der Waals surface area contributed by atoms with E-state index in [0.717, 1.165) is 0 Å². The standard InChI is InChI=1S/C12H13O7P2/c13-20(14,15)19-21(16,17-11-7-3-1-4-8-11)18-12-9-5-2-6-10-12/h1-10,13-15H/q+1. The number of para-hydroxylation sites is 2. The van der Waals surface area contributed by atoms with Crippen molar-refractivity contribution in [1.29, 1.82) is 0 Å². The van der Waals surface area contributed by atoms with Crippen LogP contribution in [-0.2, 0) is 8.88 Å². The molecule has 7 nitrogen and oxygen atoms in total. The van der Waals surface area contributed by atoms with Crippen LogP contribution in [0.5, 0.6) is 11.5 Å². The third kappa shape index (κ3) is 5.44. The lowest BCUT2D eigenvalue weighted by molar-refractivity contribution is 0.202. The van der Waals surface area contributed by atoms with Crippen molar-refractivity contribution in [2.75, 3.05) is 0 Å². The molecule has 112 valence electrons. The number of rotatable bonds is 6. The first-order valence-corrected chi connectivity index (χ1v) is 8.77. The van der Waals surface area contributed by atoms with Gasteiger partial charge in [0, 0.05) is 0 Å². The van der Waals surface area contributed by atoms with Crippen LogP contribution >= 0.6 is 16.0 Å². The van der Waals surface area contributed by atoms with Gasteiger partial charge in [0.25, 0.3) is 0 Å². The van der Waals surface area contributed by atoms with Gasteiger partial charge in [-0.25, -0.2) is 4.57 Å². The summed E-state index contributed by atoms with van der Waals surface area (Å²) in [6.45, 7) is 0. The normalized spacial score (nSPS) is 12.0. The number of benzene rings is 2. The first kappa shape index (κ1) is 15.9. The highest BCUT2D eigenvalue weighted by molar-refractivity contribution is 7.65. The van der Waals surface area contributed by atoms with Gasteiger partial charge in [-0.3, -0.25) is 0 Å². The Labute approximate surface area is 121 Å². The molecule has 0 spiro atoms. The van der Waals surface area contributed by atoms with Gasteiger partial charge in [-0.1, -0.05) is 36.4 Å². The van der Waals surface area contributed by atoms with E-state index < -0.39 is 16.0 Å². The first-order chi connectivity index (χ1) is 9.86. The average Bonchev–Trinajstić information content (AvgIpc) is 2.38. The van der Waals surface area contributed by atoms with Crippen molar-refractivity contribution in [2.24, 2.45) is 0 Å². The molecule has 0 aromatic heterocycles. The second-order valence-corrected chi connectivity index (χ2v) is 6.79. The van der Waals surface area contributed by atoms with Gasteiger partial charge >= 0.3 is 16.0 Å². The molecule has 0 aliphatic heterocycles. The Kier molecular flexibility index (Phi) is 4.96. The zero-order valence-corrected chi connectivity index (χ0v) is 12.4. The molecule has 0 unspecified atom stereocenters. The summed E-state index contributed by atoms with van der Waals surface area (Å²) < 4.78 is 26.9. The Morgan fingerprint density at radius 2 is 1.14 bits per heavy atom. The quantitative estimate of drug-likeness (QED) is 0.699. The highest BCUT2D eigenvalue weighted by Gasteiger charge is 2.50. The van der Waals surface area contributed by atoms with Crippen LogP contribution in [0.3, 0.4) is 0 Å². The number of hydrogen-bond donors (Lipinski definition) is 3. The van der Waals surface area contributed by atoms with E-state index in [-0.39, 0.29) is 11.5 Å². The topological polar surface area (TPSA) is 105 Å². The largest absolute Gasteiger partial charge is 0.629 e. The zero-order chi connectivity index (χ0) is 15.3. The molecular weight excluding hydrogens is 318 g/mol. The summed E-state index contributed by atoms with van der Waals surface area (Å²) >= 11 is 0. The minimum Gasteiger partial charge on any atom is -0.393 e. The van der Waals surface area contributed by atoms with Crippen LogP contribution in [0.25, 0.3) is 0 Å². The molecule has 0 amide bonds. The van der Waals surface area contributed by atoms with Crippen LogP contribution in [0, 0.1) is 0 Å². The van der Waals surface area contributed by atoms with Crippen LogP contribution in [0.15, 0.2) is 60.7 Å². The van der Waals surface area contributed by atoms with Gasteiger partial charge in [0.1, 0.15) is 11.5 Å².